The first-order valence-electron chi connectivity index (χ1n) is 11.8. The Balaban J connectivity index is 1.35. The van der Waals surface area contributed by atoms with Gasteiger partial charge in [0.1, 0.15) is 0 Å². The quantitative estimate of drug-likeness (QED) is 0.576. The van der Waals surface area contributed by atoms with Gasteiger partial charge in [-0.3, -0.25) is 14.6 Å². The van der Waals surface area contributed by atoms with Crippen molar-refractivity contribution in [2.45, 2.75) is 45.4 Å². The van der Waals surface area contributed by atoms with Crippen molar-refractivity contribution in [1.82, 2.24) is 4.98 Å². The molecule has 1 aliphatic heterocycles. The first-order valence-corrected chi connectivity index (χ1v) is 11.8. The highest BCUT2D eigenvalue weighted by molar-refractivity contribution is 6.07. The van der Waals surface area contributed by atoms with Crippen molar-refractivity contribution in [2.75, 3.05) is 23.4 Å². The van der Waals surface area contributed by atoms with Gasteiger partial charge in [0.05, 0.1) is 22.5 Å². The number of hydrogen-bond donors (Lipinski definition) is 1. The molecule has 0 radical (unpaired) electrons. The Hall–Kier alpha value is -3.74. The molecule has 7 nitrogen and oxygen atoms in total. The lowest BCUT2D eigenvalue weighted by Gasteiger charge is -2.21. The number of rotatable bonds is 5. The minimum atomic E-state index is -0.505. The summed E-state index contributed by atoms with van der Waals surface area (Å²) in [5.41, 5.74) is 5.41. The molecule has 5 rings (SSSR count). The highest BCUT2D eigenvalue weighted by Gasteiger charge is 2.26. The third kappa shape index (κ3) is 4.25. The molecule has 2 amide bonds. The standard InChI is InChI=1S/C27H27N3O4/c1-17-12-13-21-19(15-17)26(18-7-2-3-8-20(18)28-21)27(33)34-16-24(31)29-22-9-4-5-10-23(22)30-14-6-11-25(30)32/h4-5,9-10,12-13,15H,2-3,6-8,11,14,16H2,1H3,(H,29,31). The van der Waals surface area contributed by atoms with Gasteiger partial charge < -0.3 is 15.0 Å². The number of carbonyl (C=O) groups is 3. The SMILES string of the molecule is Cc1ccc2nc3c(c(C(=O)OCC(=O)Nc4ccccc4N4CCCC4=O)c2c1)CCCC3. The van der Waals surface area contributed by atoms with Crippen molar-refractivity contribution >= 4 is 40.1 Å². The molecule has 1 aliphatic carbocycles. The summed E-state index contributed by atoms with van der Waals surface area (Å²) in [6, 6.07) is 13.0. The fraction of sp³-hybridized carbons (Fsp3) is 0.333. The van der Waals surface area contributed by atoms with E-state index in [9.17, 15) is 14.4 Å². The maximum absolute atomic E-state index is 13.2. The Morgan fingerprint density at radius 1 is 1.06 bits per heavy atom. The number of nitrogens with zero attached hydrogens (tertiary/aromatic N) is 2. The molecule has 0 spiro atoms. The van der Waals surface area contributed by atoms with Crippen molar-refractivity contribution in [2.24, 2.45) is 0 Å². The van der Waals surface area contributed by atoms with Crippen molar-refractivity contribution in [1.29, 1.82) is 0 Å². The van der Waals surface area contributed by atoms with Gasteiger partial charge in [0.15, 0.2) is 6.61 Å². The van der Waals surface area contributed by atoms with Crippen LogP contribution < -0.4 is 10.2 Å². The third-order valence-corrected chi connectivity index (χ3v) is 6.50. The number of fused-ring (bicyclic) bond motifs is 2. The monoisotopic (exact) mass is 457 g/mol. The van der Waals surface area contributed by atoms with E-state index in [1.165, 1.54) is 0 Å². The summed E-state index contributed by atoms with van der Waals surface area (Å²) in [5, 5.41) is 3.57. The molecule has 1 fully saturated rings. The fourth-order valence-electron chi connectivity index (χ4n) is 4.88. The van der Waals surface area contributed by atoms with Crippen LogP contribution in [0.1, 0.15) is 52.9 Å². The number of benzene rings is 2. The number of nitrogens with one attached hydrogen (secondary N) is 1. The number of para-hydroxylation sites is 2. The molecule has 0 unspecified atom stereocenters. The number of aryl methyl sites for hydroxylation is 2. The van der Waals surface area contributed by atoms with Crippen LogP contribution in [0.2, 0.25) is 0 Å². The summed E-state index contributed by atoms with van der Waals surface area (Å²) in [7, 11) is 0. The van der Waals surface area contributed by atoms with Crippen LogP contribution in [-0.2, 0) is 27.2 Å². The van der Waals surface area contributed by atoms with Crippen molar-refractivity contribution in [3.8, 4) is 0 Å². The number of hydrogen-bond acceptors (Lipinski definition) is 5. The van der Waals surface area contributed by atoms with E-state index in [1.54, 1.807) is 17.0 Å². The second-order valence-electron chi connectivity index (χ2n) is 8.93. The zero-order chi connectivity index (χ0) is 23.7. The van der Waals surface area contributed by atoms with E-state index < -0.39 is 18.5 Å². The van der Waals surface area contributed by atoms with E-state index in [0.717, 1.165) is 59.8 Å². The molecular weight excluding hydrogens is 430 g/mol. The van der Waals surface area contributed by atoms with Gasteiger partial charge in [-0.15, -0.1) is 0 Å². The molecule has 1 N–H and O–H groups in total. The highest BCUT2D eigenvalue weighted by atomic mass is 16.5. The predicted octanol–water partition coefficient (Wildman–Crippen LogP) is 4.34. The molecule has 0 atom stereocenters. The minimum Gasteiger partial charge on any atom is -0.452 e. The minimum absolute atomic E-state index is 0.0396. The van der Waals surface area contributed by atoms with Gasteiger partial charge in [-0.25, -0.2) is 4.79 Å². The van der Waals surface area contributed by atoms with Crippen molar-refractivity contribution < 1.29 is 19.1 Å². The Morgan fingerprint density at radius 2 is 1.88 bits per heavy atom. The molecule has 1 aromatic heterocycles. The average Bonchev–Trinajstić information content (AvgIpc) is 3.27. The largest absolute Gasteiger partial charge is 0.452 e. The highest BCUT2D eigenvalue weighted by Crippen LogP contribution is 2.31. The molecule has 7 heteroatoms. The van der Waals surface area contributed by atoms with Crippen LogP contribution in [0.3, 0.4) is 0 Å². The lowest BCUT2D eigenvalue weighted by atomic mass is 9.89. The van der Waals surface area contributed by atoms with E-state index in [4.69, 9.17) is 9.72 Å². The maximum atomic E-state index is 13.2. The summed E-state index contributed by atoms with van der Waals surface area (Å²) in [4.78, 5) is 44.6. The molecule has 3 aromatic rings. The van der Waals surface area contributed by atoms with Crippen LogP contribution in [-0.4, -0.2) is 35.9 Å². The molecule has 34 heavy (non-hydrogen) atoms. The van der Waals surface area contributed by atoms with Crippen molar-refractivity contribution in [3.05, 3.63) is 64.8 Å². The number of ether oxygens (including phenoxy) is 1. The van der Waals surface area contributed by atoms with E-state index in [2.05, 4.69) is 5.32 Å². The molecule has 0 saturated carbocycles. The molecule has 2 aliphatic rings. The van der Waals surface area contributed by atoms with Gasteiger partial charge in [0.25, 0.3) is 5.91 Å². The second-order valence-corrected chi connectivity index (χ2v) is 8.93. The summed E-state index contributed by atoms with van der Waals surface area (Å²) in [6.07, 6.45) is 4.96. The number of aromatic nitrogens is 1. The first-order chi connectivity index (χ1) is 16.5. The van der Waals surface area contributed by atoms with Crippen LogP contribution in [0.25, 0.3) is 10.9 Å². The van der Waals surface area contributed by atoms with E-state index in [1.807, 2.05) is 37.3 Å². The molecule has 174 valence electrons. The molecule has 0 bridgehead atoms. The maximum Gasteiger partial charge on any atom is 0.339 e. The fourth-order valence-corrected chi connectivity index (χ4v) is 4.88. The zero-order valence-corrected chi connectivity index (χ0v) is 19.2. The lowest BCUT2D eigenvalue weighted by molar-refractivity contribution is -0.119. The topological polar surface area (TPSA) is 88.6 Å². The smallest absolute Gasteiger partial charge is 0.339 e. The number of carbonyl (C=O) groups excluding carboxylic acids is 3. The average molecular weight is 458 g/mol. The van der Waals surface area contributed by atoms with Crippen LogP contribution in [0.4, 0.5) is 11.4 Å². The van der Waals surface area contributed by atoms with Crippen LogP contribution in [0.15, 0.2) is 42.5 Å². The Bertz CT molecular complexity index is 1300. The molecule has 2 aromatic carbocycles. The summed E-state index contributed by atoms with van der Waals surface area (Å²) >= 11 is 0. The Morgan fingerprint density at radius 3 is 2.71 bits per heavy atom. The Labute approximate surface area is 198 Å². The van der Waals surface area contributed by atoms with Crippen LogP contribution in [0, 0.1) is 6.92 Å². The lowest BCUT2D eigenvalue weighted by Crippen LogP contribution is -2.27. The van der Waals surface area contributed by atoms with Crippen molar-refractivity contribution in [3.63, 3.8) is 0 Å². The van der Waals surface area contributed by atoms with Crippen LogP contribution in [0.5, 0.6) is 0 Å². The second kappa shape index (κ2) is 9.25. The van der Waals surface area contributed by atoms with E-state index in [-0.39, 0.29) is 5.91 Å². The molecule has 2 heterocycles. The van der Waals surface area contributed by atoms with Gasteiger partial charge >= 0.3 is 5.97 Å². The number of anilines is 2. The number of pyridine rings is 1. The number of amides is 2. The van der Waals surface area contributed by atoms with Crippen LogP contribution >= 0.6 is 0 Å². The first kappa shape index (κ1) is 22.1. The molecular formula is C27H27N3O4. The molecule has 1 saturated heterocycles. The van der Waals surface area contributed by atoms with Gasteiger partial charge in [-0.05, 0) is 68.9 Å². The van der Waals surface area contributed by atoms with Gasteiger partial charge in [-0.1, -0.05) is 23.8 Å². The Kier molecular flexibility index (Phi) is 6.01. The summed E-state index contributed by atoms with van der Waals surface area (Å²) < 4.78 is 5.50. The third-order valence-electron chi connectivity index (χ3n) is 6.50. The zero-order valence-electron chi connectivity index (χ0n) is 19.2. The summed E-state index contributed by atoms with van der Waals surface area (Å²) in [5.74, 6) is -0.914. The predicted molar refractivity (Wildman–Crippen MR) is 130 cm³/mol. The van der Waals surface area contributed by atoms with Gasteiger partial charge in [0.2, 0.25) is 5.91 Å². The van der Waals surface area contributed by atoms with E-state index >= 15 is 0 Å². The van der Waals surface area contributed by atoms with Gasteiger partial charge in [0, 0.05) is 24.0 Å². The number of esters is 1. The van der Waals surface area contributed by atoms with Gasteiger partial charge in [-0.2, -0.15) is 0 Å². The summed E-state index contributed by atoms with van der Waals surface area (Å²) in [6.45, 7) is 2.19. The van der Waals surface area contributed by atoms with E-state index in [0.29, 0.717) is 29.9 Å². The normalized spacial score (nSPS) is 15.3.